The number of halogens is 2. The van der Waals surface area contributed by atoms with Crippen LogP contribution in [-0.4, -0.2) is 43.3 Å². The van der Waals surface area contributed by atoms with Gasteiger partial charge < -0.3 is 10.1 Å². The number of aromatic nitrogens is 6. The number of nitrogens with one attached hydrogen (secondary N) is 1. The van der Waals surface area contributed by atoms with E-state index in [0.717, 1.165) is 21.6 Å². The lowest BCUT2D eigenvalue weighted by Crippen LogP contribution is -2.08. The molecule has 0 aliphatic carbocycles. The number of methoxy groups -OCH3 is 1. The summed E-state index contributed by atoms with van der Waals surface area (Å²) in [6, 6.07) is 3.23. The Labute approximate surface area is 136 Å². The molecule has 0 aliphatic rings. The van der Waals surface area contributed by atoms with E-state index >= 15 is 0 Å². The van der Waals surface area contributed by atoms with E-state index in [1.165, 1.54) is 0 Å². The first kappa shape index (κ1) is 16.2. The topological polar surface area (TPSA) is 82.2 Å². The Bertz CT molecular complexity index is 858. The standard InChI is InChI=1S/C14H17F2N7O/c1-8-12(9(2)22(20-8)6-7-24-3)17-10-4-5-11-18-19-14(13(15)16)23(11)21-10/h4-5,13H,6-7H2,1-3H3,(H,17,21). The van der Waals surface area contributed by atoms with Gasteiger partial charge in [-0.3, -0.25) is 4.68 Å². The minimum atomic E-state index is -2.75. The molecular weight excluding hydrogens is 320 g/mol. The van der Waals surface area contributed by atoms with Crippen molar-refractivity contribution in [2.24, 2.45) is 0 Å². The second-order valence-corrected chi connectivity index (χ2v) is 5.23. The van der Waals surface area contributed by atoms with Gasteiger partial charge in [0.25, 0.3) is 6.43 Å². The quantitative estimate of drug-likeness (QED) is 0.743. The SMILES string of the molecule is COCCn1nc(C)c(Nc2ccc3nnc(C(F)F)n3n2)c1C. The van der Waals surface area contributed by atoms with Crippen molar-refractivity contribution in [3.05, 3.63) is 29.3 Å². The summed E-state index contributed by atoms with van der Waals surface area (Å²) in [4.78, 5) is 0. The number of aryl methyl sites for hydroxylation is 1. The Hall–Kier alpha value is -2.62. The maximum absolute atomic E-state index is 12.9. The summed E-state index contributed by atoms with van der Waals surface area (Å²) in [5.74, 6) is -0.0837. The number of rotatable bonds is 6. The van der Waals surface area contributed by atoms with Gasteiger partial charge in [-0.2, -0.15) is 9.61 Å². The van der Waals surface area contributed by atoms with Gasteiger partial charge in [0.2, 0.25) is 5.82 Å². The third-order valence-electron chi connectivity index (χ3n) is 3.62. The van der Waals surface area contributed by atoms with E-state index in [2.05, 4.69) is 25.7 Å². The van der Waals surface area contributed by atoms with Crippen molar-refractivity contribution in [3.8, 4) is 0 Å². The average Bonchev–Trinajstić information content (AvgIpc) is 3.09. The van der Waals surface area contributed by atoms with E-state index < -0.39 is 12.2 Å². The molecule has 0 saturated carbocycles. The average molecular weight is 337 g/mol. The van der Waals surface area contributed by atoms with E-state index in [9.17, 15) is 8.78 Å². The Morgan fingerprint density at radius 2 is 2.00 bits per heavy atom. The molecule has 3 aromatic heterocycles. The number of hydrogen-bond donors (Lipinski definition) is 1. The third-order valence-corrected chi connectivity index (χ3v) is 3.62. The fraction of sp³-hybridized carbons (Fsp3) is 0.429. The number of fused-ring (bicyclic) bond motifs is 1. The normalized spacial score (nSPS) is 11.6. The van der Waals surface area contributed by atoms with Crippen LogP contribution >= 0.6 is 0 Å². The third kappa shape index (κ3) is 2.92. The van der Waals surface area contributed by atoms with Crippen molar-refractivity contribution in [1.82, 2.24) is 29.6 Å². The lowest BCUT2D eigenvalue weighted by molar-refractivity contribution is 0.137. The fourth-order valence-corrected chi connectivity index (χ4v) is 2.41. The molecule has 24 heavy (non-hydrogen) atoms. The van der Waals surface area contributed by atoms with Gasteiger partial charge in [0.15, 0.2) is 11.5 Å². The summed E-state index contributed by atoms with van der Waals surface area (Å²) in [6.45, 7) is 4.95. The lowest BCUT2D eigenvalue weighted by Gasteiger charge is -2.07. The predicted octanol–water partition coefficient (Wildman–Crippen LogP) is 2.27. The van der Waals surface area contributed by atoms with Crippen LogP contribution < -0.4 is 5.32 Å². The molecule has 128 valence electrons. The number of ether oxygens (including phenoxy) is 1. The highest BCUT2D eigenvalue weighted by Gasteiger charge is 2.18. The van der Waals surface area contributed by atoms with Crippen LogP contribution in [0, 0.1) is 13.8 Å². The van der Waals surface area contributed by atoms with Gasteiger partial charge in [-0.15, -0.1) is 15.3 Å². The molecule has 3 aromatic rings. The van der Waals surface area contributed by atoms with Gasteiger partial charge in [-0.1, -0.05) is 0 Å². The van der Waals surface area contributed by atoms with Gasteiger partial charge in [0.05, 0.1) is 30.2 Å². The van der Waals surface area contributed by atoms with Crippen molar-refractivity contribution in [2.45, 2.75) is 26.8 Å². The highest BCUT2D eigenvalue weighted by atomic mass is 19.3. The number of alkyl halides is 2. The first-order valence-electron chi connectivity index (χ1n) is 7.31. The Morgan fingerprint density at radius 3 is 2.71 bits per heavy atom. The van der Waals surface area contributed by atoms with Crippen LogP contribution in [0.25, 0.3) is 5.65 Å². The molecule has 3 heterocycles. The molecule has 0 aliphatic heterocycles. The predicted molar refractivity (Wildman–Crippen MR) is 82.6 cm³/mol. The fourth-order valence-electron chi connectivity index (χ4n) is 2.41. The van der Waals surface area contributed by atoms with Gasteiger partial charge >= 0.3 is 0 Å². The molecule has 0 saturated heterocycles. The second kappa shape index (κ2) is 6.48. The Morgan fingerprint density at radius 1 is 1.21 bits per heavy atom. The summed E-state index contributed by atoms with van der Waals surface area (Å²) in [5, 5.41) is 18.8. The first-order valence-corrected chi connectivity index (χ1v) is 7.31. The van der Waals surface area contributed by atoms with Gasteiger partial charge in [0.1, 0.15) is 0 Å². The van der Waals surface area contributed by atoms with E-state index in [4.69, 9.17) is 4.74 Å². The molecule has 0 atom stereocenters. The summed E-state index contributed by atoms with van der Waals surface area (Å²) in [6.07, 6.45) is -2.75. The number of nitrogens with zero attached hydrogens (tertiary/aromatic N) is 6. The summed E-state index contributed by atoms with van der Waals surface area (Å²) < 4.78 is 33.8. The van der Waals surface area contributed by atoms with Crippen molar-refractivity contribution >= 4 is 17.2 Å². The number of anilines is 2. The van der Waals surface area contributed by atoms with Gasteiger partial charge in [-0.25, -0.2) is 8.78 Å². The summed E-state index contributed by atoms with van der Waals surface area (Å²) in [7, 11) is 1.63. The van der Waals surface area contributed by atoms with Crippen LogP contribution in [0.5, 0.6) is 0 Å². The van der Waals surface area contributed by atoms with Crippen LogP contribution in [0.2, 0.25) is 0 Å². The molecule has 0 aromatic carbocycles. The molecule has 10 heteroatoms. The Balaban J connectivity index is 1.92. The molecule has 0 amide bonds. The van der Waals surface area contributed by atoms with E-state index in [-0.39, 0.29) is 5.65 Å². The molecule has 0 fully saturated rings. The van der Waals surface area contributed by atoms with Gasteiger partial charge in [-0.05, 0) is 26.0 Å². The second-order valence-electron chi connectivity index (χ2n) is 5.23. The minimum absolute atomic E-state index is 0.264. The van der Waals surface area contributed by atoms with E-state index in [1.807, 2.05) is 18.5 Å². The Kier molecular flexibility index (Phi) is 4.38. The molecule has 0 spiro atoms. The molecule has 0 unspecified atom stereocenters. The van der Waals surface area contributed by atoms with Crippen molar-refractivity contribution < 1.29 is 13.5 Å². The monoisotopic (exact) mass is 337 g/mol. The number of hydrogen-bond acceptors (Lipinski definition) is 6. The highest BCUT2D eigenvalue weighted by molar-refractivity contribution is 5.62. The first-order chi connectivity index (χ1) is 11.5. The van der Waals surface area contributed by atoms with Crippen molar-refractivity contribution in [2.75, 3.05) is 19.0 Å². The highest BCUT2D eigenvalue weighted by Crippen LogP contribution is 2.24. The molecule has 0 bridgehead atoms. The van der Waals surface area contributed by atoms with Crippen LogP contribution in [0.15, 0.2) is 12.1 Å². The van der Waals surface area contributed by atoms with Gasteiger partial charge in [0, 0.05) is 7.11 Å². The van der Waals surface area contributed by atoms with Crippen LogP contribution in [0.4, 0.5) is 20.3 Å². The molecule has 8 nitrogen and oxygen atoms in total. The van der Waals surface area contributed by atoms with Crippen LogP contribution in [0.3, 0.4) is 0 Å². The smallest absolute Gasteiger partial charge is 0.299 e. The minimum Gasteiger partial charge on any atom is -0.383 e. The lowest BCUT2D eigenvalue weighted by atomic mass is 10.3. The molecule has 0 radical (unpaired) electrons. The zero-order chi connectivity index (χ0) is 17.3. The zero-order valence-corrected chi connectivity index (χ0v) is 13.5. The summed E-state index contributed by atoms with van der Waals surface area (Å²) in [5.41, 5.74) is 2.73. The van der Waals surface area contributed by atoms with E-state index in [0.29, 0.717) is 19.0 Å². The maximum Gasteiger partial charge on any atom is 0.299 e. The van der Waals surface area contributed by atoms with E-state index in [1.54, 1.807) is 19.2 Å². The zero-order valence-electron chi connectivity index (χ0n) is 13.5. The summed E-state index contributed by atoms with van der Waals surface area (Å²) >= 11 is 0. The molecule has 3 rings (SSSR count). The molecular formula is C14H17F2N7O. The largest absolute Gasteiger partial charge is 0.383 e. The van der Waals surface area contributed by atoms with Crippen molar-refractivity contribution in [1.29, 1.82) is 0 Å². The van der Waals surface area contributed by atoms with Crippen molar-refractivity contribution in [3.63, 3.8) is 0 Å². The molecule has 1 N–H and O–H groups in total. The van der Waals surface area contributed by atoms with Crippen LogP contribution in [0.1, 0.15) is 23.6 Å². The van der Waals surface area contributed by atoms with Crippen LogP contribution in [-0.2, 0) is 11.3 Å². The maximum atomic E-state index is 12.9.